The summed E-state index contributed by atoms with van der Waals surface area (Å²) < 4.78 is 6.38. The summed E-state index contributed by atoms with van der Waals surface area (Å²) in [6.07, 6.45) is 4.42. The first-order chi connectivity index (χ1) is 23.1. The molecule has 5 nitrogen and oxygen atoms in total. The molecule has 234 valence electrons. The first kappa shape index (κ1) is 30.4. The average molecular weight is 618 g/mol. The van der Waals surface area contributed by atoms with Crippen molar-refractivity contribution in [2.45, 2.75) is 44.9 Å². The molecule has 0 radical (unpaired) electrons. The molecule has 7 rings (SSSR count). The topological polar surface area (TPSA) is 68.1 Å². The van der Waals surface area contributed by atoms with Crippen LogP contribution in [0.3, 0.4) is 0 Å². The minimum Gasteiger partial charge on any atom is -0.507 e. The van der Waals surface area contributed by atoms with Gasteiger partial charge in [-0.15, -0.1) is 0 Å². The highest BCUT2D eigenvalue weighted by molar-refractivity contribution is 5.91. The van der Waals surface area contributed by atoms with Gasteiger partial charge < -0.3 is 9.84 Å². The fourth-order valence-electron chi connectivity index (χ4n) is 7.10. The number of fused-ring (bicyclic) bond motifs is 3. The van der Waals surface area contributed by atoms with Crippen LogP contribution in [0.25, 0.3) is 33.9 Å². The Labute approximate surface area is 277 Å². The molecular weight excluding hydrogens is 578 g/mol. The van der Waals surface area contributed by atoms with Crippen molar-refractivity contribution in [3.8, 4) is 45.7 Å². The van der Waals surface area contributed by atoms with Crippen molar-refractivity contribution in [1.29, 1.82) is 0 Å². The van der Waals surface area contributed by atoms with Gasteiger partial charge in [-0.1, -0.05) is 148 Å². The molecule has 5 heteroatoms. The third-order valence-electron chi connectivity index (χ3n) is 9.47. The number of hydrogen-bond donors (Lipinski definition) is 1. The van der Waals surface area contributed by atoms with E-state index in [2.05, 4.69) is 117 Å². The van der Waals surface area contributed by atoms with E-state index in [1.807, 2.05) is 12.1 Å². The quantitative estimate of drug-likeness (QED) is 0.156. The van der Waals surface area contributed by atoms with Crippen LogP contribution in [0.15, 0.2) is 127 Å². The predicted molar refractivity (Wildman–Crippen MR) is 188 cm³/mol. The first-order valence-corrected chi connectivity index (χ1v) is 16.7. The van der Waals surface area contributed by atoms with Gasteiger partial charge in [0.15, 0.2) is 11.6 Å². The highest BCUT2D eigenvalue weighted by atomic mass is 16.5. The number of phenolic OH excluding ortho intramolecular Hbond substituents is 1. The van der Waals surface area contributed by atoms with Crippen LogP contribution in [-0.4, -0.2) is 26.7 Å². The average Bonchev–Trinajstić information content (AvgIpc) is 3.44. The highest BCUT2D eigenvalue weighted by Gasteiger charge is 2.47. The number of rotatable bonds is 11. The van der Waals surface area contributed by atoms with Crippen molar-refractivity contribution in [2.24, 2.45) is 5.92 Å². The molecule has 47 heavy (non-hydrogen) atoms. The van der Waals surface area contributed by atoms with Crippen LogP contribution in [-0.2, 0) is 5.41 Å². The van der Waals surface area contributed by atoms with Crippen LogP contribution in [0.4, 0.5) is 0 Å². The molecule has 0 saturated heterocycles. The molecule has 1 aliphatic carbocycles. The zero-order chi connectivity index (χ0) is 32.2. The van der Waals surface area contributed by atoms with Crippen LogP contribution in [0.5, 0.6) is 11.8 Å². The second-order valence-corrected chi connectivity index (χ2v) is 12.3. The highest BCUT2D eigenvalue weighted by Crippen LogP contribution is 2.58. The molecule has 1 unspecified atom stereocenters. The predicted octanol–water partition coefficient (Wildman–Crippen LogP) is 9.87. The summed E-state index contributed by atoms with van der Waals surface area (Å²) in [6.45, 7) is 4.94. The molecule has 1 heterocycles. The molecule has 5 aromatic carbocycles. The van der Waals surface area contributed by atoms with E-state index in [1.165, 1.54) is 11.1 Å². The number of ether oxygens (including phenoxy) is 1. The summed E-state index contributed by atoms with van der Waals surface area (Å²) in [6, 6.07) is 43.9. The number of para-hydroxylation sites is 1. The molecule has 0 aliphatic heterocycles. The van der Waals surface area contributed by atoms with Crippen molar-refractivity contribution in [3.63, 3.8) is 0 Å². The van der Waals surface area contributed by atoms with Crippen molar-refractivity contribution in [1.82, 2.24) is 15.0 Å². The maximum atomic E-state index is 10.9. The Morgan fingerprint density at radius 1 is 0.617 bits per heavy atom. The zero-order valence-electron chi connectivity index (χ0n) is 26.9. The van der Waals surface area contributed by atoms with Crippen molar-refractivity contribution in [3.05, 3.63) is 150 Å². The molecule has 1 atom stereocenters. The van der Waals surface area contributed by atoms with E-state index in [9.17, 15) is 5.11 Å². The van der Waals surface area contributed by atoms with Crippen LogP contribution < -0.4 is 4.74 Å². The Bertz CT molecular complexity index is 1950. The Kier molecular flexibility index (Phi) is 8.54. The third kappa shape index (κ3) is 5.46. The van der Waals surface area contributed by atoms with E-state index in [1.54, 1.807) is 12.1 Å². The van der Waals surface area contributed by atoms with Crippen LogP contribution in [0.1, 0.15) is 61.8 Å². The molecule has 0 saturated carbocycles. The Morgan fingerprint density at radius 3 is 1.85 bits per heavy atom. The summed E-state index contributed by atoms with van der Waals surface area (Å²) in [7, 11) is 0. The monoisotopic (exact) mass is 617 g/mol. The van der Waals surface area contributed by atoms with Crippen molar-refractivity contribution < 1.29 is 9.84 Å². The van der Waals surface area contributed by atoms with Crippen molar-refractivity contribution in [2.75, 3.05) is 6.61 Å². The van der Waals surface area contributed by atoms with Gasteiger partial charge in [0.1, 0.15) is 5.75 Å². The van der Waals surface area contributed by atoms with Gasteiger partial charge in [0, 0.05) is 5.56 Å². The molecule has 0 spiro atoms. The molecule has 1 aromatic heterocycles. The third-order valence-corrected chi connectivity index (χ3v) is 9.47. The van der Waals surface area contributed by atoms with Crippen LogP contribution in [0, 0.1) is 5.92 Å². The minimum atomic E-state index is -0.624. The summed E-state index contributed by atoms with van der Waals surface area (Å²) in [5.74, 6) is 1.40. The van der Waals surface area contributed by atoms with Crippen LogP contribution >= 0.6 is 0 Å². The maximum absolute atomic E-state index is 10.9. The van der Waals surface area contributed by atoms with Crippen LogP contribution in [0.2, 0.25) is 0 Å². The number of benzene rings is 5. The van der Waals surface area contributed by atoms with E-state index in [-0.39, 0.29) is 11.8 Å². The van der Waals surface area contributed by atoms with Gasteiger partial charge >= 0.3 is 6.01 Å². The zero-order valence-corrected chi connectivity index (χ0v) is 26.9. The Hall–Kier alpha value is -5.29. The van der Waals surface area contributed by atoms with Gasteiger partial charge in [0.25, 0.3) is 0 Å². The fourth-order valence-corrected chi connectivity index (χ4v) is 7.10. The lowest BCUT2D eigenvalue weighted by Crippen LogP contribution is -2.29. The van der Waals surface area contributed by atoms with Gasteiger partial charge in [0.2, 0.25) is 0 Å². The largest absolute Gasteiger partial charge is 0.507 e. The van der Waals surface area contributed by atoms with E-state index >= 15 is 0 Å². The van der Waals surface area contributed by atoms with E-state index in [4.69, 9.17) is 19.7 Å². The van der Waals surface area contributed by atoms with E-state index in [0.717, 1.165) is 53.5 Å². The summed E-state index contributed by atoms with van der Waals surface area (Å²) in [5, 5.41) is 10.9. The molecule has 6 aromatic rings. The normalized spacial score (nSPS) is 13.5. The van der Waals surface area contributed by atoms with Gasteiger partial charge in [-0.3, -0.25) is 0 Å². The summed E-state index contributed by atoms with van der Waals surface area (Å²) in [4.78, 5) is 14.8. The van der Waals surface area contributed by atoms with Crippen molar-refractivity contribution >= 4 is 0 Å². The lowest BCUT2D eigenvalue weighted by molar-refractivity contribution is 0.217. The SMILES string of the molecule is CCCCC(CC)COc1nc(-c2ccccc2O)nc(-c2cccc3c2C(c2ccccc2)(c2ccccc2)c2ccccc2-3)n1. The number of unbranched alkanes of at least 4 members (excludes halogenated alkanes) is 1. The summed E-state index contributed by atoms with van der Waals surface area (Å²) >= 11 is 0. The standard InChI is InChI=1S/C42H39N3O2/c1-3-5-17-29(4-2)28-47-41-44-39(34-23-13-15-27-37(34)46)43-40(45-41)35-25-16-24-33-32-22-12-14-26-36(32)42(38(33)35,30-18-8-6-9-19-30)31-20-10-7-11-21-31/h6-16,18-27,29,46H,3-5,17,28H2,1-2H3. The number of aromatic hydroxyl groups is 1. The molecule has 0 fully saturated rings. The molecular formula is C42H39N3O2. The van der Waals surface area contributed by atoms with E-state index in [0.29, 0.717) is 29.7 Å². The van der Waals surface area contributed by atoms with E-state index < -0.39 is 5.41 Å². The van der Waals surface area contributed by atoms with Gasteiger partial charge in [-0.2, -0.15) is 9.97 Å². The van der Waals surface area contributed by atoms with Gasteiger partial charge in [0.05, 0.1) is 17.6 Å². The number of hydrogen-bond acceptors (Lipinski definition) is 5. The first-order valence-electron chi connectivity index (χ1n) is 16.7. The smallest absolute Gasteiger partial charge is 0.320 e. The lowest BCUT2D eigenvalue weighted by Gasteiger charge is -2.35. The molecule has 0 bridgehead atoms. The maximum Gasteiger partial charge on any atom is 0.320 e. The second kappa shape index (κ2) is 13.2. The Balaban J connectivity index is 1.48. The van der Waals surface area contributed by atoms with Gasteiger partial charge in [-0.05, 0) is 57.9 Å². The number of phenols is 1. The fraction of sp³-hybridized carbons (Fsp3) is 0.214. The summed E-state index contributed by atoms with van der Waals surface area (Å²) in [5.41, 5.74) is 7.80. The lowest BCUT2D eigenvalue weighted by atomic mass is 9.66. The van der Waals surface area contributed by atoms with Gasteiger partial charge in [-0.25, -0.2) is 4.98 Å². The minimum absolute atomic E-state index is 0.110. The Morgan fingerprint density at radius 2 is 1.19 bits per heavy atom. The molecule has 1 aliphatic rings. The second-order valence-electron chi connectivity index (χ2n) is 12.3. The number of nitrogens with zero attached hydrogens (tertiary/aromatic N) is 3. The number of aromatic nitrogens is 3. The molecule has 0 amide bonds. The molecule has 1 N–H and O–H groups in total.